The third-order valence-electron chi connectivity index (χ3n) is 3.40. The summed E-state index contributed by atoms with van der Waals surface area (Å²) in [5.41, 5.74) is 9.88. The lowest BCUT2D eigenvalue weighted by Gasteiger charge is -2.17. The minimum Gasteiger partial charge on any atom is -0.497 e. The maximum Gasteiger partial charge on any atom is 0.119 e. The molecule has 0 aliphatic carbocycles. The number of hydrogen-bond acceptors (Lipinski definition) is 2. The normalized spacial score (nSPS) is 12.2. The van der Waals surface area contributed by atoms with E-state index in [4.69, 9.17) is 10.5 Å². The van der Waals surface area contributed by atoms with Crippen LogP contribution < -0.4 is 10.5 Å². The second-order valence-electron chi connectivity index (χ2n) is 4.72. The summed E-state index contributed by atoms with van der Waals surface area (Å²) in [5.74, 6) is 0.848. The fraction of sp³-hybridized carbons (Fsp3) is 0.250. The van der Waals surface area contributed by atoms with E-state index in [1.807, 2.05) is 30.3 Å². The molecule has 2 aromatic carbocycles. The van der Waals surface area contributed by atoms with Crippen LogP contribution in [0.3, 0.4) is 0 Å². The smallest absolute Gasteiger partial charge is 0.119 e. The Morgan fingerprint density at radius 3 is 2.60 bits per heavy atom. The van der Waals surface area contributed by atoms with Gasteiger partial charge in [-0.15, -0.1) is 0 Å². The van der Waals surface area contributed by atoms with Crippen molar-refractivity contribution in [2.45, 2.75) is 19.4 Å². The van der Waals surface area contributed by atoms with Gasteiger partial charge in [0.15, 0.2) is 0 Å². The molecule has 2 rings (SSSR count). The van der Waals surface area contributed by atoms with Crippen molar-refractivity contribution in [3.8, 4) is 5.75 Å². The van der Waals surface area contributed by atoms with Gasteiger partial charge in [0, 0.05) is 15.0 Å². The molecule has 0 bridgehead atoms. The molecule has 2 N–H and O–H groups in total. The fourth-order valence-electron chi connectivity index (χ4n) is 2.21. The van der Waals surface area contributed by atoms with E-state index in [1.165, 1.54) is 5.56 Å². The van der Waals surface area contributed by atoms with Crippen LogP contribution in [0.25, 0.3) is 0 Å². The number of hydrogen-bond donors (Lipinski definition) is 1. The van der Waals surface area contributed by atoms with E-state index in [0.29, 0.717) is 0 Å². The Labute approximate surface area is 136 Å². The summed E-state index contributed by atoms with van der Waals surface area (Å²) in [7, 11) is 1.67. The molecular formula is C16H17Br2NO. The highest BCUT2D eigenvalue weighted by atomic mass is 79.9. The van der Waals surface area contributed by atoms with Gasteiger partial charge >= 0.3 is 0 Å². The maximum atomic E-state index is 6.37. The second kappa shape index (κ2) is 6.74. The molecule has 20 heavy (non-hydrogen) atoms. The zero-order valence-electron chi connectivity index (χ0n) is 11.5. The van der Waals surface area contributed by atoms with Crippen molar-refractivity contribution in [1.29, 1.82) is 0 Å². The molecule has 0 aromatic heterocycles. The zero-order valence-corrected chi connectivity index (χ0v) is 14.7. The predicted octanol–water partition coefficient (Wildman–Crippen LogP) is 4.77. The van der Waals surface area contributed by atoms with Gasteiger partial charge in [-0.2, -0.15) is 0 Å². The van der Waals surface area contributed by atoms with E-state index in [9.17, 15) is 0 Å². The van der Waals surface area contributed by atoms with E-state index >= 15 is 0 Å². The van der Waals surface area contributed by atoms with Gasteiger partial charge < -0.3 is 10.5 Å². The van der Waals surface area contributed by atoms with Gasteiger partial charge in [0.25, 0.3) is 0 Å². The molecule has 1 atom stereocenters. The second-order valence-corrected chi connectivity index (χ2v) is 6.43. The van der Waals surface area contributed by atoms with Crippen molar-refractivity contribution in [3.63, 3.8) is 0 Å². The summed E-state index contributed by atoms with van der Waals surface area (Å²) < 4.78 is 7.42. The summed E-state index contributed by atoms with van der Waals surface area (Å²) in [4.78, 5) is 0. The first-order valence-corrected chi connectivity index (χ1v) is 7.94. The molecule has 0 heterocycles. The van der Waals surface area contributed by atoms with Crippen LogP contribution in [0.4, 0.5) is 0 Å². The van der Waals surface area contributed by atoms with Crippen molar-refractivity contribution in [1.82, 2.24) is 0 Å². The molecule has 106 valence electrons. The first-order chi connectivity index (χ1) is 9.52. The van der Waals surface area contributed by atoms with E-state index in [2.05, 4.69) is 44.8 Å². The molecule has 0 fully saturated rings. The SMILES string of the molecule is COc1ccc(Br)c(CC(N)c2cccc(Br)c2C)c1. The number of rotatable bonds is 4. The minimum absolute atomic E-state index is 0.0455. The van der Waals surface area contributed by atoms with Gasteiger partial charge in [-0.3, -0.25) is 0 Å². The Kier molecular flexibility index (Phi) is 5.24. The summed E-state index contributed by atoms with van der Waals surface area (Å²) in [6.07, 6.45) is 0.759. The topological polar surface area (TPSA) is 35.2 Å². The van der Waals surface area contributed by atoms with Crippen molar-refractivity contribution in [2.75, 3.05) is 7.11 Å². The Balaban J connectivity index is 2.27. The Hall–Kier alpha value is -0.840. The monoisotopic (exact) mass is 397 g/mol. The van der Waals surface area contributed by atoms with Gasteiger partial charge in [-0.25, -0.2) is 0 Å². The highest BCUT2D eigenvalue weighted by Gasteiger charge is 2.13. The van der Waals surface area contributed by atoms with Gasteiger partial charge in [0.2, 0.25) is 0 Å². The van der Waals surface area contributed by atoms with Crippen LogP contribution in [0.1, 0.15) is 22.7 Å². The average Bonchev–Trinajstić information content (AvgIpc) is 2.44. The fourth-order valence-corrected chi connectivity index (χ4v) is 3.00. The van der Waals surface area contributed by atoms with E-state index in [0.717, 1.165) is 32.2 Å². The molecule has 0 saturated carbocycles. The molecule has 0 aliphatic heterocycles. The molecule has 0 radical (unpaired) electrons. The zero-order chi connectivity index (χ0) is 14.7. The summed E-state index contributed by atoms with van der Waals surface area (Å²) >= 11 is 7.13. The quantitative estimate of drug-likeness (QED) is 0.804. The number of ether oxygens (including phenoxy) is 1. The lowest BCUT2D eigenvalue weighted by Crippen LogP contribution is -2.15. The van der Waals surface area contributed by atoms with Crippen LogP contribution in [0.15, 0.2) is 45.3 Å². The van der Waals surface area contributed by atoms with Crippen molar-refractivity contribution in [2.24, 2.45) is 5.73 Å². The molecular weight excluding hydrogens is 382 g/mol. The molecule has 0 aliphatic rings. The predicted molar refractivity (Wildman–Crippen MR) is 90.2 cm³/mol. The molecule has 2 nitrogen and oxygen atoms in total. The van der Waals surface area contributed by atoms with Crippen LogP contribution in [0.5, 0.6) is 5.75 Å². The first-order valence-electron chi connectivity index (χ1n) is 6.36. The number of halogens is 2. The number of methoxy groups -OCH3 is 1. The largest absolute Gasteiger partial charge is 0.497 e. The summed E-state index contributed by atoms with van der Waals surface area (Å²) in [5, 5.41) is 0. The van der Waals surface area contributed by atoms with E-state index in [-0.39, 0.29) is 6.04 Å². The highest BCUT2D eigenvalue weighted by molar-refractivity contribution is 9.10. The molecule has 0 spiro atoms. The average molecular weight is 399 g/mol. The standard InChI is InChI=1S/C16H17Br2NO/c1-10-13(4-3-5-14(10)17)16(19)9-11-8-12(20-2)6-7-15(11)18/h3-8,16H,9,19H2,1-2H3. The Morgan fingerprint density at radius 2 is 1.90 bits per heavy atom. The maximum absolute atomic E-state index is 6.37. The van der Waals surface area contributed by atoms with Gasteiger partial charge in [-0.1, -0.05) is 44.0 Å². The van der Waals surface area contributed by atoms with Gasteiger partial charge in [0.1, 0.15) is 5.75 Å². The number of nitrogens with two attached hydrogens (primary N) is 1. The Bertz CT molecular complexity index is 613. The number of benzene rings is 2. The first kappa shape index (κ1) is 15.5. The van der Waals surface area contributed by atoms with Gasteiger partial charge in [0.05, 0.1) is 7.11 Å². The molecule has 0 saturated heterocycles. The van der Waals surface area contributed by atoms with Crippen LogP contribution in [-0.4, -0.2) is 7.11 Å². The highest BCUT2D eigenvalue weighted by Crippen LogP contribution is 2.29. The van der Waals surface area contributed by atoms with E-state index in [1.54, 1.807) is 7.11 Å². The van der Waals surface area contributed by atoms with Crippen molar-refractivity contribution in [3.05, 3.63) is 62.0 Å². The van der Waals surface area contributed by atoms with Crippen molar-refractivity contribution >= 4 is 31.9 Å². The molecule has 4 heteroatoms. The molecule has 1 unspecified atom stereocenters. The van der Waals surface area contributed by atoms with Crippen LogP contribution in [0.2, 0.25) is 0 Å². The Morgan fingerprint density at radius 1 is 1.15 bits per heavy atom. The third kappa shape index (κ3) is 3.43. The summed E-state index contributed by atoms with van der Waals surface area (Å²) in [6, 6.07) is 12.0. The van der Waals surface area contributed by atoms with Crippen LogP contribution in [-0.2, 0) is 6.42 Å². The molecule has 2 aromatic rings. The van der Waals surface area contributed by atoms with Crippen LogP contribution >= 0.6 is 31.9 Å². The third-order valence-corrected chi connectivity index (χ3v) is 5.03. The lowest BCUT2D eigenvalue weighted by molar-refractivity contribution is 0.414. The van der Waals surface area contributed by atoms with Gasteiger partial charge in [-0.05, 0) is 54.3 Å². The molecule has 0 amide bonds. The van der Waals surface area contributed by atoms with Crippen molar-refractivity contribution < 1.29 is 4.74 Å². The van der Waals surface area contributed by atoms with Crippen LogP contribution in [0, 0.1) is 6.92 Å². The van der Waals surface area contributed by atoms with E-state index < -0.39 is 0 Å². The summed E-state index contributed by atoms with van der Waals surface area (Å²) in [6.45, 7) is 2.08. The lowest BCUT2D eigenvalue weighted by atomic mass is 9.96. The minimum atomic E-state index is -0.0455.